The van der Waals surface area contributed by atoms with Gasteiger partial charge in [-0.2, -0.15) is 0 Å². The van der Waals surface area contributed by atoms with E-state index >= 15 is 0 Å². The molecule has 19 heavy (non-hydrogen) atoms. The van der Waals surface area contributed by atoms with Gasteiger partial charge in [0, 0.05) is 6.42 Å². The Morgan fingerprint density at radius 1 is 1.32 bits per heavy atom. The number of carbonyl (C=O) groups is 2. The Labute approximate surface area is 118 Å². The van der Waals surface area contributed by atoms with Gasteiger partial charge in [0.15, 0.2) is 5.78 Å². The molecular formula is C14H18ClNO3. The molecule has 0 saturated heterocycles. The van der Waals surface area contributed by atoms with E-state index in [1.807, 2.05) is 30.3 Å². The molecule has 0 saturated carbocycles. The molecule has 0 fully saturated rings. The molecule has 4 nitrogen and oxygen atoms in total. The zero-order valence-corrected chi connectivity index (χ0v) is 11.8. The fourth-order valence-corrected chi connectivity index (χ4v) is 1.99. The zero-order chi connectivity index (χ0) is 14.3. The minimum absolute atomic E-state index is 0.100. The molecule has 2 atom stereocenters. The van der Waals surface area contributed by atoms with Gasteiger partial charge in [-0.1, -0.05) is 37.3 Å². The zero-order valence-electron chi connectivity index (χ0n) is 11.1. The third kappa shape index (κ3) is 5.01. The number of hydrogen-bond acceptors (Lipinski definition) is 4. The summed E-state index contributed by atoms with van der Waals surface area (Å²) in [5.74, 6) is -0.945. The predicted octanol–water partition coefficient (Wildman–Crippen LogP) is 2.11. The minimum atomic E-state index is -0.504. The van der Waals surface area contributed by atoms with E-state index in [-0.39, 0.29) is 18.2 Å². The van der Waals surface area contributed by atoms with Crippen molar-refractivity contribution >= 4 is 23.5 Å². The van der Waals surface area contributed by atoms with Crippen molar-refractivity contribution in [3.63, 3.8) is 0 Å². The molecule has 0 aliphatic rings. The monoisotopic (exact) mass is 283 g/mol. The van der Waals surface area contributed by atoms with Crippen molar-refractivity contribution in [2.75, 3.05) is 7.11 Å². The summed E-state index contributed by atoms with van der Waals surface area (Å²) < 4.78 is 4.60. The molecule has 1 aromatic carbocycles. The van der Waals surface area contributed by atoms with E-state index in [0.717, 1.165) is 5.56 Å². The van der Waals surface area contributed by atoms with Crippen LogP contribution in [0.25, 0.3) is 0 Å². The standard InChI is InChI=1S/C14H18ClNO3/c1-10(14(18)19-2)8-13(17)12(16-15)9-11-6-4-3-5-7-11/h3-7,10,12,16H,8-9H2,1-2H3/t10-,12+/m1/s1. The van der Waals surface area contributed by atoms with Crippen LogP contribution in [-0.4, -0.2) is 24.9 Å². The van der Waals surface area contributed by atoms with Crippen LogP contribution in [0.4, 0.5) is 0 Å². The Morgan fingerprint density at radius 2 is 1.95 bits per heavy atom. The van der Waals surface area contributed by atoms with Crippen molar-refractivity contribution in [3.8, 4) is 0 Å². The maximum atomic E-state index is 12.1. The molecule has 0 spiro atoms. The van der Waals surface area contributed by atoms with Gasteiger partial charge in [0.05, 0.1) is 19.1 Å². The van der Waals surface area contributed by atoms with E-state index in [0.29, 0.717) is 6.42 Å². The summed E-state index contributed by atoms with van der Waals surface area (Å²) in [6.07, 6.45) is 0.612. The number of halogens is 1. The highest BCUT2D eigenvalue weighted by Gasteiger charge is 2.23. The van der Waals surface area contributed by atoms with Crippen LogP contribution in [0.3, 0.4) is 0 Å². The second-order valence-electron chi connectivity index (χ2n) is 4.45. The number of ketones is 1. The summed E-state index contributed by atoms with van der Waals surface area (Å²) in [7, 11) is 1.31. The molecule has 1 aromatic rings. The Kier molecular flexibility index (Phi) is 6.53. The second kappa shape index (κ2) is 7.92. The van der Waals surface area contributed by atoms with Crippen molar-refractivity contribution in [2.45, 2.75) is 25.8 Å². The van der Waals surface area contributed by atoms with Crippen LogP contribution in [-0.2, 0) is 20.7 Å². The smallest absolute Gasteiger partial charge is 0.308 e. The topological polar surface area (TPSA) is 55.4 Å². The van der Waals surface area contributed by atoms with Crippen LogP contribution in [0.5, 0.6) is 0 Å². The first-order valence-corrected chi connectivity index (χ1v) is 6.47. The number of methoxy groups -OCH3 is 1. The number of nitrogens with one attached hydrogen (secondary N) is 1. The van der Waals surface area contributed by atoms with Crippen LogP contribution in [0.15, 0.2) is 30.3 Å². The SMILES string of the molecule is COC(=O)[C@H](C)CC(=O)[C@H](Cc1ccccc1)NCl. The summed E-state index contributed by atoms with van der Waals surface area (Å²) in [5, 5.41) is 0. The van der Waals surface area contributed by atoms with Crippen LogP contribution in [0.2, 0.25) is 0 Å². The summed E-state index contributed by atoms with van der Waals surface area (Å²) in [6, 6.07) is 9.07. The number of hydrogen-bond donors (Lipinski definition) is 1. The quantitative estimate of drug-likeness (QED) is 0.615. The highest BCUT2D eigenvalue weighted by Crippen LogP contribution is 2.11. The van der Waals surface area contributed by atoms with Gasteiger partial charge in [0.25, 0.3) is 0 Å². The highest BCUT2D eigenvalue weighted by atomic mass is 35.5. The van der Waals surface area contributed by atoms with Gasteiger partial charge < -0.3 is 4.74 Å². The van der Waals surface area contributed by atoms with Crippen LogP contribution >= 0.6 is 11.8 Å². The van der Waals surface area contributed by atoms with Gasteiger partial charge in [-0.3, -0.25) is 9.59 Å². The van der Waals surface area contributed by atoms with E-state index in [1.54, 1.807) is 6.92 Å². The predicted molar refractivity (Wildman–Crippen MR) is 73.7 cm³/mol. The van der Waals surface area contributed by atoms with Crippen molar-refractivity contribution in [1.82, 2.24) is 4.84 Å². The molecule has 5 heteroatoms. The molecule has 0 radical (unpaired) electrons. The molecule has 0 heterocycles. The van der Waals surface area contributed by atoms with Crippen LogP contribution in [0.1, 0.15) is 18.9 Å². The average molecular weight is 284 g/mol. The Balaban J connectivity index is 2.60. The third-order valence-corrected chi connectivity index (χ3v) is 3.18. The van der Waals surface area contributed by atoms with Gasteiger partial charge in [-0.05, 0) is 23.8 Å². The average Bonchev–Trinajstić information content (AvgIpc) is 2.44. The van der Waals surface area contributed by atoms with Crippen LogP contribution < -0.4 is 4.84 Å². The molecule has 1 rings (SSSR count). The largest absolute Gasteiger partial charge is 0.469 e. The molecule has 104 valence electrons. The lowest BCUT2D eigenvalue weighted by atomic mass is 9.96. The number of esters is 1. The molecule has 0 amide bonds. The molecule has 0 aromatic heterocycles. The number of ether oxygens (including phenoxy) is 1. The number of carbonyl (C=O) groups excluding carboxylic acids is 2. The van der Waals surface area contributed by atoms with E-state index in [4.69, 9.17) is 11.8 Å². The molecule has 0 aliphatic carbocycles. The van der Waals surface area contributed by atoms with E-state index in [1.165, 1.54) is 7.11 Å². The van der Waals surface area contributed by atoms with Crippen molar-refractivity contribution < 1.29 is 14.3 Å². The fraction of sp³-hybridized carbons (Fsp3) is 0.429. The lowest BCUT2D eigenvalue weighted by Crippen LogP contribution is -2.35. The molecular weight excluding hydrogens is 266 g/mol. The van der Waals surface area contributed by atoms with Gasteiger partial charge >= 0.3 is 5.97 Å². The van der Waals surface area contributed by atoms with Gasteiger partial charge in [0.1, 0.15) is 0 Å². The van der Waals surface area contributed by atoms with E-state index < -0.39 is 12.0 Å². The van der Waals surface area contributed by atoms with Gasteiger partial charge in [0.2, 0.25) is 0 Å². The van der Waals surface area contributed by atoms with Crippen LogP contribution in [0, 0.1) is 5.92 Å². The van der Waals surface area contributed by atoms with E-state index in [9.17, 15) is 9.59 Å². The second-order valence-corrected chi connectivity index (χ2v) is 4.66. The maximum absolute atomic E-state index is 12.1. The number of benzene rings is 1. The van der Waals surface area contributed by atoms with Crippen molar-refractivity contribution in [3.05, 3.63) is 35.9 Å². The van der Waals surface area contributed by atoms with Crippen molar-refractivity contribution in [2.24, 2.45) is 5.92 Å². The first-order chi connectivity index (χ1) is 9.08. The first-order valence-electron chi connectivity index (χ1n) is 6.09. The number of rotatable bonds is 7. The fourth-order valence-electron chi connectivity index (χ4n) is 1.79. The normalized spacial score (nSPS) is 13.6. The summed E-state index contributed by atoms with van der Waals surface area (Å²) in [5.41, 5.74) is 1.01. The molecule has 0 bridgehead atoms. The lowest BCUT2D eigenvalue weighted by molar-refractivity contribution is -0.146. The third-order valence-electron chi connectivity index (χ3n) is 2.91. The summed E-state index contributed by atoms with van der Waals surface area (Å²) in [4.78, 5) is 25.8. The maximum Gasteiger partial charge on any atom is 0.308 e. The number of Topliss-reactive ketones (excluding diaryl/α,β-unsaturated/α-hetero) is 1. The highest BCUT2D eigenvalue weighted by molar-refractivity contribution is 6.15. The molecule has 0 unspecified atom stereocenters. The Morgan fingerprint density at radius 3 is 2.47 bits per heavy atom. The Bertz CT molecular complexity index is 422. The van der Waals surface area contributed by atoms with E-state index in [2.05, 4.69) is 9.57 Å². The Hall–Kier alpha value is -1.39. The lowest BCUT2D eigenvalue weighted by Gasteiger charge is -2.15. The van der Waals surface area contributed by atoms with Crippen molar-refractivity contribution in [1.29, 1.82) is 0 Å². The van der Waals surface area contributed by atoms with Gasteiger partial charge in [-0.15, -0.1) is 0 Å². The minimum Gasteiger partial charge on any atom is -0.469 e. The molecule has 0 aliphatic heterocycles. The van der Waals surface area contributed by atoms with Gasteiger partial charge in [-0.25, -0.2) is 4.84 Å². The summed E-state index contributed by atoms with van der Waals surface area (Å²) >= 11 is 5.62. The molecule has 1 N–H and O–H groups in total. The summed E-state index contributed by atoms with van der Waals surface area (Å²) in [6.45, 7) is 1.66. The first kappa shape index (κ1) is 15.7.